The van der Waals surface area contributed by atoms with Crippen LogP contribution in [-0.2, 0) is 5.75 Å². The molecule has 0 saturated heterocycles. The number of aryl methyl sites for hydroxylation is 1. The maximum Gasteiger partial charge on any atom is 0.278 e. The Bertz CT molecular complexity index is 1160. The quantitative estimate of drug-likeness (QED) is 0.318. The molecule has 0 radical (unpaired) electrons. The molecule has 0 aliphatic heterocycles. The maximum atomic E-state index is 13.0. The third kappa shape index (κ3) is 4.58. The van der Waals surface area contributed by atoms with Crippen LogP contribution in [0.5, 0.6) is 0 Å². The molecule has 0 spiro atoms. The lowest BCUT2D eigenvalue weighted by atomic mass is 10.2. The number of carbonyl (C=O) groups excluding carboxylic acids is 1. The van der Waals surface area contributed by atoms with Crippen LogP contribution in [-0.4, -0.2) is 30.9 Å². The summed E-state index contributed by atoms with van der Waals surface area (Å²) in [7, 11) is 0. The summed E-state index contributed by atoms with van der Waals surface area (Å²) in [6.07, 6.45) is 3.37. The number of nitrogens with zero attached hydrogens (tertiary/aromatic N) is 5. The van der Waals surface area contributed by atoms with E-state index in [2.05, 4.69) is 41.5 Å². The minimum Gasteiger partial charge on any atom is -0.320 e. The molecule has 2 aromatic heterocycles. The summed E-state index contributed by atoms with van der Waals surface area (Å²) in [5.41, 5.74) is 3.46. The second kappa shape index (κ2) is 9.19. The van der Waals surface area contributed by atoms with E-state index in [-0.39, 0.29) is 11.6 Å². The highest BCUT2D eigenvalue weighted by Gasteiger charge is 2.22. The van der Waals surface area contributed by atoms with Crippen LogP contribution in [0.15, 0.2) is 76.6 Å². The number of thioether (sulfide) groups is 1. The van der Waals surface area contributed by atoms with Gasteiger partial charge in [-0.25, -0.2) is 14.6 Å². The third-order valence-electron chi connectivity index (χ3n) is 4.32. The molecule has 30 heavy (non-hydrogen) atoms. The van der Waals surface area contributed by atoms with Crippen LogP contribution in [0.3, 0.4) is 0 Å². The topological polar surface area (TPSA) is 85.6 Å². The molecular weight excluding hydrogens is 464 g/mol. The summed E-state index contributed by atoms with van der Waals surface area (Å²) >= 11 is 4.86. The van der Waals surface area contributed by atoms with E-state index in [0.29, 0.717) is 16.6 Å². The first-order valence-electron chi connectivity index (χ1n) is 9.09. The average molecular weight is 481 g/mol. The molecule has 4 rings (SSSR count). The summed E-state index contributed by atoms with van der Waals surface area (Å²) in [5, 5.41) is 12.0. The first kappa shape index (κ1) is 20.2. The van der Waals surface area contributed by atoms with Gasteiger partial charge in [-0.15, -0.1) is 5.10 Å². The normalized spacial score (nSPS) is 10.7. The number of anilines is 1. The molecular formula is C21H17BrN6OS. The van der Waals surface area contributed by atoms with Gasteiger partial charge in [0.2, 0.25) is 0 Å². The number of hydrogen-bond donors (Lipinski definition) is 1. The van der Waals surface area contributed by atoms with Gasteiger partial charge in [0.25, 0.3) is 5.91 Å². The Morgan fingerprint density at radius 1 is 1.07 bits per heavy atom. The highest BCUT2D eigenvalue weighted by molar-refractivity contribution is 9.10. The molecule has 0 bridgehead atoms. The van der Waals surface area contributed by atoms with Crippen molar-refractivity contribution in [3.8, 4) is 5.69 Å². The smallest absolute Gasteiger partial charge is 0.278 e. The van der Waals surface area contributed by atoms with Gasteiger partial charge in [0.1, 0.15) is 0 Å². The summed E-state index contributed by atoms with van der Waals surface area (Å²) in [6.45, 7) is 1.94. The Kier molecular flexibility index (Phi) is 6.20. The van der Waals surface area contributed by atoms with Gasteiger partial charge in [-0.1, -0.05) is 51.1 Å². The molecule has 1 N–H and O–H groups in total. The van der Waals surface area contributed by atoms with Gasteiger partial charge in [-0.3, -0.25) is 4.79 Å². The average Bonchev–Trinajstić information content (AvgIpc) is 3.19. The van der Waals surface area contributed by atoms with Crippen molar-refractivity contribution in [1.29, 1.82) is 0 Å². The molecule has 2 heterocycles. The summed E-state index contributed by atoms with van der Waals surface area (Å²) in [6, 6.07) is 17.0. The maximum absolute atomic E-state index is 13.0. The summed E-state index contributed by atoms with van der Waals surface area (Å²) in [5.74, 6) is 0.126. The van der Waals surface area contributed by atoms with E-state index in [1.165, 1.54) is 11.8 Å². The Hall–Kier alpha value is -3.04. The number of hydrogen-bond acceptors (Lipinski definition) is 6. The molecule has 0 saturated carbocycles. The Labute approximate surface area is 186 Å². The van der Waals surface area contributed by atoms with Crippen molar-refractivity contribution in [2.45, 2.75) is 17.8 Å². The highest BCUT2D eigenvalue weighted by Crippen LogP contribution is 2.24. The van der Waals surface area contributed by atoms with Gasteiger partial charge in [-0.2, -0.15) is 0 Å². The zero-order valence-electron chi connectivity index (χ0n) is 16.0. The van der Waals surface area contributed by atoms with Crippen LogP contribution in [0.4, 0.5) is 5.69 Å². The molecule has 0 aliphatic rings. The van der Waals surface area contributed by atoms with Crippen LogP contribution >= 0.6 is 27.7 Å². The van der Waals surface area contributed by atoms with E-state index in [0.717, 1.165) is 21.4 Å². The highest BCUT2D eigenvalue weighted by atomic mass is 79.9. The number of para-hydroxylation sites is 1. The second-order valence-electron chi connectivity index (χ2n) is 6.36. The minimum absolute atomic E-state index is 0.268. The van der Waals surface area contributed by atoms with Gasteiger partial charge in [-0.05, 0) is 48.9 Å². The molecule has 0 fully saturated rings. The van der Waals surface area contributed by atoms with Crippen molar-refractivity contribution in [2.75, 3.05) is 5.32 Å². The zero-order valence-corrected chi connectivity index (χ0v) is 18.4. The van der Waals surface area contributed by atoms with E-state index in [1.54, 1.807) is 23.1 Å². The van der Waals surface area contributed by atoms with E-state index >= 15 is 0 Å². The number of rotatable bonds is 6. The van der Waals surface area contributed by atoms with Crippen molar-refractivity contribution < 1.29 is 4.79 Å². The predicted molar refractivity (Wildman–Crippen MR) is 120 cm³/mol. The van der Waals surface area contributed by atoms with E-state index in [1.807, 2.05) is 55.5 Å². The largest absolute Gasteiger partial charge is 0.320 e. The van der Waals surface area contributed by atoms with Crippen LogP contribution in [0.25, 0.3) is 5.69 Å². The lowest BCUT2D eigenvalue weighted by molar-refractivity contribution is 0.102. The van der Waals surface area contributed by atoms with E-state index < -0.39 is 0 Å². The zero-order chi connectivity index (χ0) is 20.9. The Balaban J connectivity index is 1.67. The lowest BCUT2D eigenvalue weighted by Crippen LogP contribution is -2.16. The molecule has 4 aromatic rings. The standard InChI is InChI=1S/C21H17BrN6OS/c1-14-5-2-3-6-17(14)25-20(29)19-18(13-30-21-23-11-4-12-24-21)28(27-26-19)16-9-7-15(22)8-10-16/h2-12H,13H2,1H3,(H,25,29). The second-order valence-corrected chi connectivity index (χ2v) is 8.22. The number of nitrogens with one attached hydrogen (secondary N) is 1. The SMILES string of the molecule is Cc1ccccc1NC(=O)c1nnn(-c2ccc(Br)cc2)c1CSc1ncccn1. The predicted octanol–water partition coefficient (Wildman–Crippen LogP) is 4.67. The number of aromatic nitrogens is 5. The number of carbonyl (C=O) groups is 1. The van der Waals surface area contributed by atoms with Gasteiger partial charge < -0.3 is 5.32 Å². The van der Waals surface area contributed by atoms with Crippen molar-refractivity contribution in [1.82, 2.24) is 25.0 Å². The summed E-state index contributed by atoms with van der Waals surface area (Å²) in [4.78, 5) is 21.5. The Morgan fingerprint density at radius 2 is 1.80 bits per heavy atom. The van der Waals surface area contributed by atoms with Crippen LogP contribution in [0.2, 0.25) is 0 Å². The first-order chi connectivity index (χ1) is 14.6. The number of amides is 1. The summed E-state index contributed by atoms with van der Waals surface area (Å²) < 4.78 is 2.63. The van der Waals surface area contributed by atoms with Crippen molar-refractivity contribution >= 4 is 39.3 Å². The molecule has 0 aliphatic carbocycles. The van der Waals surface area contributed by atoms with Gasteiger partial charge in [0, 0.05) is 28.3 Å². The fourth-order valence-electron chi connectivity index (χ4n) is 2.78. The van der Waals surface area contributed by atoms with Gasteiger partial charge in [0.15, 0.2) is 10.9 Å². The van der Waals surface area contributed by atoms with Crippen molar-refractivity contribution in [2.24, 2.45) is 0 Å². The molecule has 150 valence electrons. The number of benzene rings is 2. The monoisotopic (exact) mass is 480 g/mol. The molecule has 2 aromatic carbocycles. The molecule has 1 amide bonds. The molecule has 0 unspecified atom stereocenters. The van der Waals surface area contributed by atoms with Gasteiger partial charge >= 0.3 is 0 Å². The fourth-order valence-corrected chi connectivity index (χ4v) is 3.84. The molecule has 0 atom stereocenters. The van der Waals surface area contributed by atoms with Crippen LogP contribution in [0, 0.1) is 6.92 Å². The first-order valence-corrected chi connectivity index (χ1v) is 10.9. The Morgan fingerprint density at radius 3 is 2.53 bits per heavy atom. The third-order valence-corrected chi connectivity index (χ3v) is 5.74. The van der Waals surface area contributed by atoms with Crippen LogP contribution in [0.1, 0.15) is 21.7 Å². The molecule has 7 nitrogen and oxygen atoms in total. The van der Waals surface area contributed by atoms with Crippen molar-refractivity contribution in [3.05, 3.63) is 88.4 Å². The van der Waals surface area contributed by atoms with Crippen molar-refractivity contribution in [3.63, 3.8) is 0 Å². The van der Waals surface area contributed by atoms with Crippen LogP contribution < -0.4 is 5.32 Å². The van der Waals surface area contributed by atoms with E-state index in [4.69, 9.17) is 0 Å². The minimum atomic E-state index is -0.308. The molecule has 9 heteroatoms. The fraction of sp³-hybridized carbons (Fsp3) is 0.0952. The van der Waals surface area contributed by atoms with Gasteiger partial charge in [0.05, 0.1) is 11.4 Å². The van der Waals surface area contributed by atoms with E-state index in [9.17, 15) is 4.79 Å². The number of halogens is 1. The lowest BCUT2D eigenvalue weighted by Gasteiger charge is -2.09.